The summed E-state index contributed by atoms with van der Waals surface area (Å²) in [5, 5.41) is 3.76. The highest BCUT2D eigenvalue weighted by molar-refractivity contribution is 6.33. The van der Waals surface area contributed by atoms with Gasteiger partial charge in [0.1, 0.15) is 0 Å². The van der Waals surface area contributed by atoms with Gasteiger partial charge < -0.3 is 15.6 Å². The first-order valence-corrected chi connectivity index (χ1v) is 8.82. The molecular formula is C20H21ClN4O. The van der Waals surface area contributed by atoms with Crippen molar-refractivity contribution in [2.24, 2.45) is 5.73 Å². The average molecular weight is 369 g/mol. The van der Waals surface area contributed by atoms with Crippen molar-refractivity contribution in [2.45, 2.75) is 18.5 Å². The molecule has 1 heterocycles. The van der Waals surface area contributed by atoms with Crippen LogP contribution in [0, 0.1) is 0 Å². The summed E-state index contributed by atoms with van der Waals surface area (Å²) in [4.78, 5) is 17.4. The Balaban J connectivity index is 1.86. The maximum atomic E-state index is 13.3. The summed E-state index contributed by atoms with van der Waals surface area (Å²) in [6.45, 7) is 0.681. The van der Waals surface area contributed by atoms with Crippen molar-refractivity contribution in [3.8, 4) is 0 Å². The standard InChI is InChI=1S/C20H21ClN4O/c21-17-8-4-5-9-18(17)24-19(12-22)20(26)16(13-25-11-10-23-14-25)15-6-2-1-3-7-15/h1-11,14,16,19,24H,12-13,22H2. The number of halogens is 1. The number of rotatable bonds is 8. The third kappa shape index (κ3) is 4.31. The number of carbonyl (C=O) groups is 1. The molecule has 0 spiro atoms. The van der Waals surface area contributed by atoms with Crippen molar-refractivity contribution >= 4 is 23.1 Å². The Labute approximate surface area is 157 Å². The van der Waals surface area contributed by atoms with Gasteiger partial charge in [-0.15, -0.1) is 0 Å². The fraction of sp³-hybridized carbons (Fsp3) is 0.200. The van der Waals surface area contributed by atoms with Crippen molar-refractivity contribution < 1.29 is 4.79 Å². The summed E-state index contributed by atoms with van der Waals surface area (Å²) in [6.07, 6.45) is 5.26. The maximum Gasteiger partial charge on any atom is 0.165 e. The van der Waals surface area contributed by atoms with Gasteiger partial charge in [0.05, 0.1) is 29.0 Å². The van der Waals surface area contributed by atoms with E-state index in [2.05, 4.69) is 10.3 Å². The number of carbonyl (C=O) groups excluding carboxylic acids is 1. The minimum absolute atomic E-state index is 0.0207. The van der Waals surface area contributed by atoms with E-state index in [0.717, 1.165) is 5.56 Å². The molecule has 26 heavy (non-hydrogen) atoms. The zero-order valence-electron chi connectivity index (χ0n) is 14.3. The van der Waals surface area contributed by atoms with Crippen LogP contribution in [0.1, 0.15) is 11.5 Å². The smallest absolute Gasteiger partial charge is 0.165 e. The number of nitrogens with one attached hydrogen (secondary N) is 1. The molecule has 2 unspecified atom stereocenters. The number of ketones is 1. The number of hydrogen-bond donors (Lipinski definition) is 2. The fourth-order valence-electron chi connectivity index (χ4n) is 2.91. The summed E-state index contributed by atoms with van der Waals surface area (Å²) in [5.41, 5.74) is 7.57. The topological polar surface area (TPSA) is 72.9 Å². The Bertz CT molecular complexity index is 836. The third-order valence-electron chi connectivity index (χ3n) is 4.28. The minimum Gasteiger partial charge on any atom is -0.373 e. The molecule has 0 fully saturated rings. The van der Waals surface area contributed by atoms with E-state index in [1.165, 1.54) is 0 Å². The van der Waals surface area contributed by atoms with Gasteiger partial charge in [-0.2, -0.15) is 0 Å². The van der Waals surface area contributed by atoms with Crippen LogP contribution in [0.15, 0.2) is 73.3 Å². The first-order chi connectivity index (χ1) is 12.7. The number of nitrogens with two attached hydrogens (primary N) is 1. The lowest BCUT2D eigenvalue weighted by atomic mass is 9.90. The number of benzene rings is 2. The number of anilines is 1. The Kier molecular flexibility index (Phi) is 6.04. The van der Waals surface area contributed by atoms with E-state index in [4.69, 9.17) is 17.3 Å². The quantitative estimate of drug-likeness (QED) is 0.639. The number of Topliss-reactive ketones (excluding diaryl/α,β-unsaturated/α-hetero) is 1. The number of hydrogen-bond acceptors (Lipinski definition) is 4. The van der Waals surface area contributed by atoms with Gasteiger partial charge in [-0.1, -0.05) is 54.1 Å². The van der Waals surface area contributed by atoms with Crippen LogP contribution in [-0.4, -0.2) is 27.9 Å². The Morgan fingerprint density at radius 3 is 2.54 bits per heavy atom. The second-order valence-corrected chi connectivity index (χ2v) is 6.44. The zero-order chi connectivity index (χ0) is 18.4. The van der Waals surface area contributed by atoms with Crippen LogP contribution in [0.25, 0.3) is 0 Å². The van der Waals surface area contributed by atoms with Crippen LogP contribution in [0.3, 0.4) is 0 Å². The number of nitrogens with zero attached hydrogens (tertiary/aromatic N) is 2. The van der Waals surface area contributed by atoms with E-state index < -0.39 is 6.04 Å². The number of imidazole rings is 1. The molecule has 0 amide bonds. The predicted octanol–water partition coefficient (Wildman–Crippen LogP) is 3.33. The molecule has 134 valence electrons. The van der Waals surface area contributed by atoms with Crippen molar-refractivity contribution in [1.82, 2.24) is 9.55 Å². The molecule has 3 rings (SSSR count). The summed E-state index contributed by atoms with van der Waals surface area (Å²) in [6, 6.07) is 16.5. The van der Waals surface area contributed by atoms with Crippen molar-refractivity contribution in [3.63, 3.8) is 0 Å². The van der Waals surface area contributed by atoms with Crippen LogP contribution >= 0.6 is 11.6 Å². The monoisotopic (exact) mass is 368 g/mol. The van der Waals surface area contributed by atoms with Crippen LogP contribution in [0.2, 0.25) is 5.02 Å². The van der Waals surface area contributed by atoms with Crippen LogP contribution in [0.4, 0.5) is 5.69 Å². The summed E-state index contributed by atoms with van der Waals surface area (Å²) in [7, 11) is 0. The van der Waals surface area contributed by atoms with Crippen molar-refractivity contribution in [3.05, 3.63) is 83.9 Å². The predicted molar refractivity (Wildman–Crippen MR) is 104 cm³/mol. The molecule has 2 atom stereocenters. The minimum atomic E-state index is -0.538. The molecule has 5 nitrogen and oxygen atoms in total. The first kappa shape index (κ1) is 18.2. The van der Waals surface area contributed by atoms with Gasteiger partial charge in [0.2, 0.25) is 0 Å². The highest BCUT2D eigenvalue weighted by atomic mass is 35.5. The molecule has 3 aromatic rings. The third-order valence-corrected chi connectivity index (χ3v) is 4.61. The zero-order valence-corrected chi connectivity index (χ0v) is 15.0. The Hall–Kier alpha value is -2.63. The molecule has 0 aliphatic heterocycles. The normalized spacial score (nSPS) is 13.2. The van der Waals surface area contributed by atoms with Gasteiger partial charge in [-0.3, -0.25) is 4.79 Å². The highest BCUT2D eigenvalue weighted by Gasteiger charge is 2.28. The molecule has 2 aromatic carbocycles. The Morgan fingerprint density at radius 2 is 1.88 bits per heavy atom. The highest BCUT2D eigenvalue weighted by Crippen LogP contribution is 2.25. The number of aromatic nitrogens is 2. The van der Waals surface area contributed by atoms with E-state index in [1.807, 2.05) is 59.3 Å². The van der Waals surface area contributed by atoms with Gasteiger partial charge >= 0.3 is 0 Å². The SMILES string of the molecule is NCC(Nc1ccccc1Cl)C(=O)C(Cn1ccnc1)c1ccccc1. The van der Waals surface area contributed by atoms with Gasteiger partial charge in [0.25, 0.3) is 0 Å². The van der Waals surface area contributed by atoms with Crippen LogP contribution in [-0.2, 0) is 11.3 Å². The molecule has 1 aromatic heterocycles. The molecule has 0 saturated carbocycles. The molecule has 0 bridgehead atoms. The van der Waals surface area contributed by atoms with Gasteiger partial charge in [0.15, 0.2) is 5.78 Å². The lowest BCUT2D eigenvalue weighted by molar-refractivity contribution is -0.121. The largest absolute Gasteiger partial charge is 0.373 e. The second-order valence-electron chi connectivity index (χ2n) is 6.04. The van der Waals surface area contributed by atoms with Crippen LogP contribution < -0.4 is 11.1 Å². The maximum absolute atomic E-state index is 13.3. The molecular weight excluding hydrogens is 348 g/mol. The second kappa shape index (κ2) is 8.65. The summed E-state index contributed by atoms with van der Waals surface area (Å²) in [5.74, 6) is -0.318. The lowest BCUT2D eigenvalue weighted by Crippen LogP contribution is -2.40. The molecule has 3 N–H and O–H groups in total. The van der Waals surface area contributed by atoms with Crippen molar-refractivity contribution in [2.75, 3.05) is 11.9 Å². The van der Waals surface area contributed by atoms with E-state index in [9.17, 15) is 4.79 Å². The van der Waals surface area contributed by atoms with Crippen LogP contribution in [0.5, 0.6) is 0 Å². The van der Waals surface area contributed by atoms with E-state index in [0.29, 0.717) is 17.3 Å². The van der Waals surface area contributed by atoms with E-state index >= 15 is 0 Å². The Morgan fingerprint density at radius 1 is 1.15 bits per heavy atom. The molecule has 0 radical (unpaired) electrons. The van der Waals surface area contributed by atoms with Gasteiger partial charge in [-0.05, 0) is 17.7 Å². The van der Waals surface area contributed by atoms with E-state index in [-0.39, 0.29) is 18.2 Å². The van der Waals surface area contributed by atoms with Gasteiger partial charge in [-0.25, -0.2) is 4.98 Å². The average Bonchev–Trinajstić information content (AvgIpc) is 3.19. The number of para-hydroxylation sites is 1. The molecule has 0 saturated heterocycles. The molecule has 6 heteroatoms. The molecule has 0 aliphatic carbocycles. The van der Waals surface area contributed by atoms with Crippen molar-refractivity contribution in [1.29, 1.82) is 0 Å². The first-order valence-electron chi connectivity index (χ1n) is 8.44. The fourth-order valence-corrected chi connectivity index (χ4v) is 3.10. The molecule has 0 aliphatic rings. The summed E-state index contributed by atoms with van der Waals surface area (Å²) < 4.78 is 1.90. The summed E-state index contributed by atoms with van der Waals surface area (Å²) >= 11 is 6.21. The van der Waals surface area contributed by atoms with Gasteiger partial charge in [0, 0.05) is 25.5 Å². The van der Waals surface area contributed by atoms with E-state index in [1.54, 1.807) is 18.6 Å². The lowest BCUT2D eigenvalue weighted by Gasteiger charge is -2.24.